The Labute approximate surface area is 180 Å². The van der Waals surface area contributed by atoms with Crippen molar-refractivity contribution in [2.24, 2.45) is 7.05 Å². The van der Waals surface area contributed by atoms with Crippen LogP contribution in [0.1, 0.15) is 28.9 Å². The normalized spacial score (nSPS) is 15.5. The van der Waals surface area contributed by atoms with Crippen LogP contribution in [0.2, 0.25) is 0 Å². The quantitative estimate of drug-likeness (QED) is 0.538. The third-order valence-corrected chi connectivity index (χ3v) is 6.31. The number of aromatic amines is 1. The molecule has 0 atom stereocenters. The molecule has 6 nitrogen and oxygen atoms in total. The van der Waals surface area contributed by atoms with Gasteiger partial charge in [0.1, 0.15) is 5.69 Å². The molecule has 2 N–H and O–H groups in total. The summed E-state index contributed by atoms with van der Waals surface area (Å²) in [5, 5.41) is 4.67. The summed E-state index contributed by atoms with van der Waals surface area (Å²) in [5.74, 6) is -0.122. The molecule has 0 bridgehead atoms. The average molecular weight is 415 g/mol. The lowest BCUT2D eigenvalue weighted by Gasteiger charge is -2.32. The van der Waals surface area contributed by atoms with Gasteiger partial charge in [-0.2, -0.15) is 0 Å². The molecular formula is C25H26N4O2. The number of nitrogens with one attached hydrogen (secondary N) is 2. The van der Waals surface area contributed by atoms with E-state index in [0.717, 1.165) is 48.9 Å². The average Bonchev–Trinajstić information content (AvgIpc) is 3.14. The molecule has 158 valence electrons. The summed E-state index contributed by atoms with van der Waals surface area (Å²) in [6, 6.07) is 20.0. The highest BCUT2D eigenvalue weighted by molar-refractivity contribution is 6.07. The number of nitrogens with zero attached hydrogens (tertiary/aromatic N) is 2. The SMILES string of the molecule is Cn1c(C(=O)NC2CCN(Cc3ccccc3)CC2)cc2c(=O)[nH]c3ccccc3c21. The van der Waals surface area contributed by atoms with Crippen molar-refractivity contribution in [2.75, 3.05) is 13.1 Å². The van der Waals surface area contributed by atoms with Gasteiger partial charge < -0.3 is 14.9 Å². The Morgan fingerprint density at radius 3 is 2.52 bits per heavy atom. The third-order valence-electron chi connectivity index (χ3n) is 6.31. The van der Waals surface area contributed by atoms with Gasteiger partial charge in [0.2, 0.25) is 0 Å². The summed E-state index contributed by atoms with van der Waals surface area (Å²) in [5.41, 5.74) is 3.24. The number of carbonyl (C=O) groups excluding carboxylic acids is 1. The number of hydrogen-bond donors (Lipinski definition) is 2. The first-order valence-electron chi connectivity index (χ1n) is 10.8. The summed E-state index contributed by atoms with van der Waals surface area (Å²) < 4.78 is 1.84. The number of fused-ring (bicyclic) bond motifs is 3. The van der Waals surface area contributed by atoms with Crippen LogP contribution in [0.5, 0.6) is 0 Å². The van der Waals surface area contributed by atoms with Crippen molar-refractivity contribution < 1.29 is 4.79 Å². The number of pyridine rings is 1. The van der Waals surface area contributed by atoms with Crippen molar-refractivity contribution in [1.29, 1.82) is 0 Å². The van der Waals surface area contributed by atoms with Gasteiger partial charge in [-0.1, -0.05) is 48.5 Å². The monoisotopic (exact) mass is 414 g/mol. The minimum atomic E-state index is -0.169. The van der Waals surface area contributed by atoms with Gasteiger partial charge in [-0.15, -0.1) is 0 Å². The number of amides is 1. The topological polar surface area (TPSA) is 70.1 Å². The lowest BCUT2D eigenvalue weighted by molar-refractivity contribution is 0.0901. The lowest BCUT2D eigenvalue weighted by atomic mass is 10.0. The molecule has 0 saturated carbocycles. The predicted molar refractivity (Wildman–Crippen MR) is 123 cm³/mol. The number of aromatic nitrogens is 2. The van der Waals surface area contributed by atoms with Gasteiger partial charge >= 0.3 is 0 Å². The number of benzene rings is 2. The van der Waals surface area contributed by atoms with Crippen molar-refractivity contribution in [3.63, 3.8) is 0 Å². The predicted octanol–water partition coefficient (Wildman–Crippen LogP) is 3.41. The Hall–Kier alpha value is -3.38. The van der Waals surface area contributed by atoms with Crippen molar-refractivity contribution >= 4 is 27.7 Å². The van der Waals surface area contributed by atoms with E-state index in [1.54, 1.807) is 6.07 Å². The molecule has 0 radical (unpaired) electrons. The highest BCUT2D eigenvalue weighted by Crippen LogP contribution is 2.24. The highest BCUT2D eigenvalue weighted by atomic mass is 16.2. The van der Waals surface area contributed by atoms with E-state index in [1.165, 1.54) is 5.56 Å². The van der Waals surface area contributed by atoms with Crippen LogP contribution in [0, 0.1) is 0 Å². The molecule has 2 aromatic carbocycles. The van der Waals surface area contributed by atoms with Gasteiger partial charge in [0.25, 0.3) is 11.5 Å². The Kier molecular flexibility index (Phi) is 5.08. The smallest absolute Gasteiger partial charge is 0.268 e. The number of hydrogen-bond acceptors (Lipinski definition) is 3. The molecule has 1 saturated heterocycles. The van der Waals surface area contributed by atoms with Crippen molar-refractivity contribution in [2.45, 2.75) is 25.4 Å². The number of carbonyl (C=O) groups is 1. The largest absolute Gasteiger partial charge is 0.348 e. The zero-order valence-corrected chi connectivity index (χ0v) is 17.6. The van der Waals surface area contributed by atoms with E-state index in [9.17, 15) is 9.59 Å². The summed E-state index contributed by atoms with van der Waals surface area (Å²) in [7, 11) is 1.85. The van der Waals surface area contributed by atoms with Gasteiger partial charge in [-0.05, 0) is 30.5 Å². The molecule has 31 heavy (non-hydrogen) atoms. The number of piperidine rings is 1. The summed E-state index contributed by atoms with van der Waals surface area (Å²) >= 11 is 0. The zero-order valence-electron chi connectivity index (χ0n) is 17.6. The number of aryl methyl sites for hydroxylation is 1. The van der Waals surface area contributed by atoms with E-state index in [-0.39, 0.29) is 17.5 Å². The second-order valence-electron chi connectivity index (χ2n) is 8.36. The van der Waals surface area contributed by atoms with Gasteiger partial charge in [0, 0.05) is 38.1 Å². The van der Waals surface area contributed by atoms with Gasteiger partial charge in [-0.3, -0.25) is 14.5 Å². The Morgan fingerprint density at radius 2 is 1.74 bits per heavy atom. The fraction of sp³-hybridized carbons (Fsp3) is 0.280. The van der Waals surface area contributed by atoms with Gasteiger partial charge in [-0.25, -0.2) is 0 Å². The van der Waals surface area contributed by atoms with Crippen LogP contribution in [0.3, 0.4) is 0 Å². The van der Waals surface area contributed by atoms with Gasteiger partial charge in [0.15, 0.2) is 0 Å². The maximum atomic E-state index is 13.1. The fourth-order valence-corrected chi connectivity index (χ4v) is 4.64. The fourth-order valence-electron chi connectivity index (χ4n) is 4.64. The molecule has 6 heteroatoms. The van der Waals surface area contributed by atoms with E-state index >= 15 is 0 Å². The Morgan fingerprint density at radius 1 is 1.03 bits per heavy atom. The van der Waals surface area contributed by atoms with Crippen LogP contribution >= 0.6 is 0 Å². The first-order valence-corrected chi connectivity index (χ1v) is 10.8. The number of para-hydroxylation sites is 1. The maximum absolute atomic E-state index is 13.1. The minimum Gasteiger partial charge on any atom is -0.348 e. The van der Waals surface area contributed by atoms with Gasteiger partial charge in [0.05, 0.1) is 16.4 Å². The standard InChI is InChI=1S/C25H26N4O2/c1-28-22(15-20-23(28)19-9-5-6-10-21(19)27-24(20)30)25(31)26-18-11-13-29(14-12-18)16-17-7-3-2-4-8-17/h2-10,15,18H,11-14,16H2,1H3,(H,26,31)(H,27,30). The molecule has 2 aromatic heterocycles. The van der Waals surface area contributed by atoms with Crippen molar-refractivity contribution in [3.8, 4) is 0 Å². The molecule has 4 aromatic rings. The molecule has 1 aliphatic heterocycles. The van der Waals surface area contributed by atoms with Crippen LogP contribution in [0.4, 0.5) is 0 Å². The van der Waals surface area contributed by atoms with Crippen LogP contribution in [-0.2, 0) is 13.6 Å². The molecule has 1 amide bonds. The van der Waals surface area contributed by atoms with E-state index in [4.69, 9.17) is 0 Å². The van der Waals surface area contributed by atoms with Crippen molar-refractivity contribution in [3.05, 3.63) is 82.3 Å². The second kappa shape index (κ2) is 8.04. The zero-order chi connectivity index (χ0) is 21.4. The van der Waals surface area contributed by atoms with E-state index in [0.29, 0.717) is 11.1 Å². The third kappa shape index (κ3) is 3.75. The number of H-pyrrole nitrogens is 1. The Balaban J connectivity index is 1.31. The van der Waals surface area contributed by atoms with Crippen molar-refractivity contribution in [1.82, 2.24) is 19.8 Å². The first-order chi connectivity index (χ1) is 15.1. The van der Waals surface area contributed by atoms with Crippen LogP contribution in [0.15, 0.2) is 65.5 Å². The van der Waals surface area contributed by atoms with Crippen LogP contribution in [-0.4, -0.2) is 39.5 Å². The summed E-state index contributed by atoms with van der Waals surface area (Å²) in [4.78, 5) is 31.0. The minimum absolute atomic E-state index is 0.122. The molecule has 1 fully saturated rings. The molecule has 1 aliphatic rings. The summed E-state index contributed by atoms with van der Waals surface area (Å²) in [6.45, 7) is 2.86. The maximum Gasteiger partial charge on any atom is 0.268 e. The van der Waals surface area contributed by atoms with E-state index in [2.05, 4.69) is 39.5 Å². The lowest BCUT2D eigenvalue weighted by Crippen LogP contribution is -2.44. The molecule has 5 rings (SSSR count). The first kappa shape index (κ1) is 19.6. The molecule has 3 heterocycles. The molecule has 0 unspecified atom stereocenters. The molecular weight excluding hydrogens is 388 g/mol. The number of likely N-dealkylation sites (tertiary alicyclic amines) is 1. The van der Waals surface area contributed by atoms with E-state index in [1.807, 2.05) is 41.9 Å². The molecule has 0 aliphatic carbocycles. The number of rotatable bonds is 4. The second-order valence-corrected chi connectivity index (χ2v) is 8.36. The van der Waals surface area contributed by atoms with Crippen LogP contribution < -0.4 is 10.9 Å². The van der Waals surface area contributed by atoms with E-state index < -0.39 is 0 Å². The highest BCUT2D eigenvalue weighted by Gasteiger charge is 2.23. The summed E-state index contributed by atoms with van der Waals surface area (Å²) in [6.07, 6.45) is 1.85. The molecule has 0 spiro atoms. The van der Waals surface area contributed by atoms with Crippen LogP contribution in [0.25, 0.3) is 21.8 Å². The Bertz CT molecular complexity index is 1300.